The Labute approximate surface area is 157 Å². The van der Waals surface area contributed by atoms with E-state index >= 15 is 0 Å². The summed E-state index contributed by atoms with van der Waals surface area (Å²) in [5.74, 6) is 0.470. The summed E-state index contributed by atoms with van der Waals surface area (Å²) in [5, 5.41) is 6.16. The highest BCUT2D eigenvalue weighted by molar-refractivity contribution is 5.95. The molecule has 1 aromatic heterocycles. The van der Waals surface area contributed by atoms with Gasteiger partial charge in [0, 0.05) is 24.2 Å². The molecule has 0 atom stereocenters. The summed E-state index contributed by atoms with van der Waals surface area (Å²) in [6.07, 6.45) is 0. The fourth-order valence-electron chi connectivity index (χ4n) is 2.95. The van der Waals surface area contributed by atoms with Crippen molar-refractivity contribution in [3.63, 3.8) is 0 Å². The molecule has 27 heavy (non-hydrogen) atoms. The molecule has 0 radical (unpaired) electrons. The Morgan fingerprint density at radius 1 is 1.26 bits per heavy atom. The SMILES string of the molecule is CCOC(=O)CNC(=O)Nc1ccc2nc(N3CCOCC3)cc(C)c2c1. The highest BCUT2D eigenvalue weighted by Gasteiger charge is 2.14. The van der Waals surface area contributed by atoms with Crippen LogP contribution in [0.1, 0.15) is 12.5 Å². The standard InChI is InChI=1S/C19H24N4O4/c1-3-27-18(24)12-20-19(25)21-14-4-5-16-15(11-14)13(2)10-17(22-16)23-6-8-26-9-7-23/h4-5,10-11H,3,6-9,12H2,1-2H3,(H2,20,21,25). The molecule has 144 valence electrons. The fraction of sp³-hybridized carbons (Fsp3) is 0.421. The number of carbonyl (C=O) groups is 2. The van der Waals surface area contributed by atoms with E-state index in [1.54, 1.807) is 13.0 Å². The van der Waals surface area contributed by atoms with Gasteiger partial charge in [-0.05, 0) is 43.7 Å². The number of pyridine rings is 1. The zero-order chi connectivity index (χ0) is 19.2. The van der Waals surface area contributed by atoms with Crippen LogP contribution in [-0.2, 0) is 14.3 Å². The minimum atomic E-state index is -0.471. The molecular weight excluding hydrogens is 348 g/mol. The van der Waals surface area contributed by atoms with Gasteiger partial charge in [-0.25, -0.2) is 9.78 Å². The van der Waals surface area contributed by atoms with E-state index in [-0.39, 0.29) is 13.2 Å². The summed E-state index contributed by atoms with van der Waals surface area (Å²) in [4.78, 5) is 30.2. The summed E-state index contributed by atoms with van der Waals surface area (Å²) in [6.45, 7) is 6.94. The number of ether oxygens (including phenoxy) is 2. The van der Waals surface area contributed by atoms with Crippen molar-refractivity contribution >= 4 is 34.4 Å². The largest absolute Gasteiger partial charge is 0.465 e. The third-order valence-electron chi connectivity index (χ3n) is 4.29. The van der Waals surface area contributed by atoms with Crippen molar-refractivity contribution in [2.45, 2.75) is 13.8 Å². The molecule has 1 aromatic carbocycles. The van der Waals surface area contributed by atoms with Gasteiger partial charge in [0.15, 0.2) is 0 Å². The van der Waals surface area contributed by atoms with Crippen molar-refractivity contribution in [1.29, 1.82) is 0 Å². The van der Waals surface area contributed by atoms with Crippen molar-refractivity contribution in [1.82, 2.24) is 10.3 Å². The predicted octanol–water partition coefficient (Wildman–Crippen LogP) is 2.06. The molecule has 3 rings (SSSR count). The minimum Gasteiger partial charge on any atom is -0.465 e. The molecule has 8 nitrogen and oxygen atoms in total. The van der Waals surface area contributed by atoms with Gasteiger partial charge in [0.25, 0.3) is 0 Å². The molecule has 0 saturated carbocycles. The summed E-state index contributed by atoms with van der Waals surface area (Å²) in [5.41, 5.74) is 2.58. The second kappa shape index (κ2) is 8.68. The predicted molar refractivity (Wildman–Crippen MR) is 103 cm³/mol. The van der Waals surface area contributed by atoms with Crippen LogP contribution in [0.4, 0.5) is 16.3 Å². The van der Waals surface area contributed by atoms with Gasteiger partial charge in [0.2, 0.25) is 0 Å². The number of fused-ring (bicyclic) bond motifs is 1. The number of hydrogen-bond acceptors (Lipinski definition) is 6. The Kier molecular flexibility index (Phi) is 6.08. The number of amides is 2. The monoisotopic (exact) mass is 372 g/mol. The number of carbonyl (C=O) groups excluding carboxylic acids is 2. The molecule has 1 aliphatic rings. The number of urea groups is 1. The Balaban J connectivity index is 1.70. The number of hydrogen-bond donors (Lipinski definition) is 2. The van der Waals surface area contributed by atoms with E-state index in [9.17, 15) is 9.59 Å². The number of nitrogens with one attached hydrogen (secondary N) is 2. The first kappa shape index (κ1) is 18.9. The van der Waals surface area contributed by atoms with Gasteiger partial charge in [0.05, 0.1) is 25.3 Å². The lowest BCUT2D eigenvalue weighted by molar-refractivity contribution is -0.141. The summed E-state index contributed by atoms with van der Waals surface area (Å²) < 4.78 is 10.2. The number of benzene rings is 1. The van der Waals surface area contributed by atoms with Crippen LogP contribution in [0, 0.1) is 6.92 Å². The molecule has 2 N–H and O–H groups in total. The molecule has 2 aromatic rings. The number of nitrogens with zero attached hydrogens (tertiary/aromatic N) is 2. The van der Waals surface area contributed by atoms with E-state index in [0.717, 1.165) is 35.4 Å². The molecule has 2 amide bonds. The molecule has 1 fully saturated rings. The van der Waals surface area contributed by atoms with E-state index in [2.05, 4.69) is 21.6 Å². The lowest BCUT2D eigenvalue weighted by Gasteiger charge is -2.28. The first-order valence-corrected chi connectivity index (χ1v) is 9.01. The van der Waals surface area contributed by atoms with Crippen molar-refractivity contribution < 1.29 is 19.1 Å². The molecule has 0 unspecified atom stereocenters. The highest BCUT2D eigenvalue weighted by atomic mass is 16.5. The second-order valence-electron chi connectivity index (χ2n) is 6.24. The summed E-state index contributed by atoms with van der Waals surface area (Å²) >= 11 is 0. The Morgan fingerprint density at radius 2 is 2.04 bits per heavy atom. The maximum Gasteiger partial charge on any atom is 0.325 e. The molecule has 2 heterocycles. The lowest BCUT2D eigenvalue weighted by atomic mass is 10.1. The second-order valence-corrected chi connectivity index (χ2v) is 6.24. The van der Waals surface area contributed by atoms with Crippen molar-refractivity contribution in [2.24, 2.45) is 0 Å². The number of rotatable bonds is 5. The minimum absolute atomic E-state index is 0.170. The summed E-state index contributed by atoms with van der Waals surface area (Å²) in [7, 11) is 0. The van der Waals surface area contributed by atoms with Crippen LogP contribution in [0.3, 0.4) is 0 Å². The zero-order valence-electron chi connectivity index (χ0n) is 15.6. The van der Waals surface area contributed by atoms with Gasteiger partial charge in [-0.3, -0.25) is 4.79 Å². The van der Waals surface area contributed by atoms with E-state index < -0.39 is 12.0 Å². The summed E-state index contributed by atoms with van der Waals surface area (Å²) in [6, 6.07) is 7.15. The smallest absolute Gasteiger partial charge is 0.325 e. The molecule has 0 aliphatic carbocycles. The number of esters is 1. The normalized spacial score (nSPS) is 14.1. The number of aromatic nitrogens is 1. The zero-order valence-corrected chi connectivity index (χ0v) is 15.6. The Bertz CT molecular complexity index is 834. The molecular formula is C19H24N4O4. The highest BCUT2D eigenvalue weighted by Crippen LogP contribution is 2.25. The number of morpholine rings is 1. The van der Waals surface area contributed by atoms with Crippen LogP contribution in [0.5, 0.6) is 0 Å². The fourth-order valence-corrected chi connectivity index (χ4v) is 2.95. The van der Waals surface area contributed by atoms with E-state index in [0.29, 0.717) is 18.9 Å². The van der Waals surface area contributed by atoms with Gasteiger partial charge < -0.3 is 25.0 Å². The molecule has 8 heteroatoms. The molecule has 1 saturated heterocycles. The average molecular weight is 372 g/mol. The van der Waals surface area contributed by atoms with Gasteiger partial charge in [-0.1, -0.05) is 0 Å². The Hall–Kier alpha value is -2.87. The molecule has 0 bridgehead atoms. The lowest BCUT2D eigenvalue weighted by Crippen LogP contribution is -2.36. The van der Waals surface area contributed by atoms with Gasteiger partial charge >= 0.3 is 12.0 Å². The van der Waals surface area contributed by atoms with Gasteiger partial charge in [-0.15, -0.1) is 0 Å². The first-order chi connectivity index (χ1) is 13.1. The average Bonchev–Trinajstić information content (AvgIpc) is 2.68. The van der Waals surface area contributed by atoms with E-state index in [1.165, 1.54) is 0 Å². The third-order valence-corrected chi connectivity index (χ3v) is 4.29. The topological polar surface area (TPSA) is 92.8 Å². The van der Waals surface area contributed by atoms with Crippen LogP contribution in [0.25, 0.3) is 10.9 Å². The van der Waals surface area contributed by atoms with Crippen LogP contribution < -0.4 is 15.5 Å². The van der Waals surface area contributed by atoms with Crippen LogP contribution in [0.2, 0.25) is 0 Å². The maximum absolute atomic E-state index is 11.9. The van der Waals surface area contributed by atoms with E-state index in [4.69, 9.17) is 14.5 Å². The maximum atomic E-state index is 11.9. The van der Waals surface area contributed by atoms with Crippen molar-refractivity contribution in [2.75, 3.05) is 49.7 Å². The van der Waals surface area contributed by atoms with E-state index in [1.807, 2.05) is 19.1 Å². The third kappa shape index (κ3) is 4.85. The van der Waals surface area contributed by atoms with Crippen LogP contribution >= 0.6 is 0 Å². The van der Waals surface area contributed by atoms with Gasteiger partial charge in [-0.2, -0.15) is 0 Å². The van der Waals surface area contributed by atoms with Crippen molar-refractivity contribution in [3.8, 4) is 0 Å². The number of aryl methyl sites for hydroxylation is 1. The first-order valence-electron chi connectivity index (χ1n) is 9.01. The quantitative estimate of drug-likeness (QED) is 0.781. The Morgan fingerprint density at radius 3 is 2.78 bits per heavy atom. The van der Waals surface area contributed by atoms with Gasteiger partial charge in [0.1, 0.15) is 12.4 Å². The van der Waals surface area contributed by atoms with Crippen LogP contribution in [-0.4, -0.2) is 56.4 Å². The molecule has 1 aliphatic heterocycles. The van der Waals surface area contributed by atoms with Crippen LogP contribution in [0.15, 0.2) is 24.3 Å². The number of anilines is 2. The van der Waals surface area contributed by atoms with Crippen molar-refractivity contribution in [3.05, 3.63) is 29.8 Å². The molecule has 0 spiro atoms.